The maximum Gasteiger partial charge on any atom is 0.0731 e. The van der Waals surface area contributed by atoms with E-state index >= 15 is 0 Å². The Balaban J connectivity index is 2.48. The van der Waals surface area contributed by atoms with Gasteiger partial charge in [-0.15, -0.1) is 11.3 Å². The van der Waals surface area contributed by atoms with Crippen LogP contribution in [-0.2, 0) is 0 Å². The van der Waals surface area contributed by atoms with Gasteiger partial charge in [-0.1, -0.05) is 18.2 Å². The average molecular weight is 324 g/mol. The van der Waals surface area contributed by atoms with Gasteiger partial charge in [0.25, 0.3) is 0 Å². The molecule has 0 aliphatic carbocycles. The third-order valence-electron chi connectivity index (χ3n) is 3.41. The molecule has 0 amide bonds. The Labute approximate surface area is 121 Å². The topological polar surface area (TPSA) is 12.0 Å². The smallest absolute Gasteiger partial charge is 0.0731 e. The van der Waals surface area contributed by atoms with E-state index in [0.717, 1.165) is 0 Å². The van der Waals surface area contributed by atoms with E-state index in [9.17, 15) is 0 Å². The molecule has 1 aromatic heterocycles. The Hall–Kier alpha value is -0.640. The zero-order chi connectivity index (χ0) is 13.3. The lowest BCUT2D eigenvalue weighted by molar-refractivity contribution is 0.698. The first-order chi connectivity index (χ1) is 8.54. The van der Waals surface area contributed by atoms with Gasteiger partial charge in [0, 0.05) is 4.88 Å². The Morgan fingerprint density at radius 3 is 2.44 bits per heavy atom. The Morgan fingerprint density at radius 2 is 1.89 bits per heavy atom. The second-order valence-electron chi connectivity index (χ2n) is 4.62. The largest absolute Gasteiger partial charge is 0.309 e. The third kappa shape index (κ3) is 2.53. The number of thiophene rings is 1. The minimum Gasteiger partial charge on any atom is -0.309 e. The van der Waals surface area contributed by atoms with E-state index in [2.05, 4.69) is 66.3 Å². The van der Waals surface area contributed by atoms with Crippen LogP contribution >= 0.6 is 27.3 Å². The number of hydrogen-bond acceptors (Lipinski definition) is 2. The molecule has 2 aromatic rings. The van der Waals surface area contributed by atoms with E-state index < -0.39 is 0 Å². The van der Waals surface area contributed by atoms with Crippen LogP contribution in [0.5, 0.6) is 0 Å². The summed E-state index contributed by atoms with van der Waals surface area (Å²) in [6, 6.07) is 9.06. The van der Waals surface area contributed by atoms with Gasteiger partial charge in [0.2, 0.25) is 0 Å². The van der Waals surface area contributed by atoms with Crippen molar-refractivity contribution in [1.82, 2.24) is 5.32 Å². The Kier molecular flexibility index (Phi) is 4.25. The van der Waals surface area contributed by atoms with E-state index in [0.29, 0.717) is 0 Å². The van der Waals surface area contributed by atoms with Crippen LogP contribution < -0.4 is 5.32 Å². The molecule has 3 heteroatoms. The summed E-state index contributed by atoms with van der Waals surface area (Å²) in [6.45, 7) is 6.51. The third-order valence-corrected chi connectivity index (χ3v) is 5.61. The van der Waals surface area contributed by atoms with Crippen molar-refractivity contribution in [3.8, 4) is 0 Å². The molecule has 1 N–H and O–H groups in total. The second kappa shape index (κ2) is 5.55. The van der Waals surface area contributed by atoms with Crippen LogP contribution in [0.25, 0.3) is 0 Å². The lowest BCUT2D eigenvalue weighted by atomic mass is 9.96. The maximum atomic E-state index is 3.61. The summed E-state index contributed by atoms with van der Waals surface area (Å²) in [6.07, 6.45) is 0. The first kappa shape index (κ1) is 13.8. The molecule has 2 rings (SSSR count). The molecule has 0 saturated heterocycles. The van der Waals surface area contributed by atoms with Crippen molar-refractivity contribution in [3.63, 3.8) is 0 Å². The zero-order valence-electron chi connectivity index (χ0n) is 11.2. The number of hydrogen-bond donors (Lipinski definition) is 1. The van der Waals surface area contributed by atoms with Crippen molar-refractivity contribution in [2.75, 3.05) is 7.05 Å². The summed E-state index contributed by atoms with van der Waals surface area (Å²) >= 11 is 5.42. The standard InChI is InChI=1S/C15H18BrNS/c1-9-6-5-7-12(11(9)3)14(17-4)13-8-10(2)15(16)18-13/h5-8,14,17H,1-4H3. The predicted octanol–water partition coefficient (Wildman–Crippen LogP) is 4.74. The highest BCUT2D eigenvalue weighted by atomic mass is 79.9. The van der Waals surface area contributed by atoms with E-state index in [1.165, 1.54) is 30.9 Å². The SMILES string of the molecule is CNC(c1cc(C)c(Br)s1)c1cccc(C)c1C. The van der Waals surface area contributed by atoms with Crippen molar-refractivity contribution in [1.29, 1.82) is 0 Å². The molecule has 1 heterocycles. The van der Waals surface area contributed by atoms with Gasteiger partial charge in [-0.3, -0.25) is 0 Å². The highest BCUT2D eigenvalue weighted by Crippen LogP contribution is 2.35. The molecule has 0 fully saturated rings. The highest BCUT2D eigenvalue weighted by molar-refractivity contribution is 9.11. The zero-order valence-corrected chi connectivity index (χ0v) is 13.6. The van der Waals surface area contributed by atoms with Crippen LogP contribution in [0.4, 0.5) is 0 Å². The van der Waals surface area contributed by atoms with Crippen molar-refractivity contribution >= 4 is 27.3 Å². The van der Waals surface area contributed by atoms with E-state index in [-0.39, 0.29) is 6.04 Å². The molecule has 1 aromatic carbocycles. The summed E-state index contributed by atoms with van der Waals surface area (Å²) in [7, 11) is 2.02. The van der Waals surface area contributed by atoms with Gasteiger partial charge in [0.05, 0.1) is 9.83 Å². The molecule has 0 saturated carbocycles. The van der Waals surface area contributed by atoms with Crippen LogP contribution in [0.1, 0.15) is 33.2 Å². The summed E-state index contributed by atoms with van der Waals surface area (Å²) in [5.41, 5.74) is 5.39. The molecule has 1 atom stereocenters. The van der Waals surface area contributed by atoms with Crippen LogP contribution in [0.2, 0.25) is 0 Å². The molecule has 0 bridgehead atoms. The number of benzene rings is 1. The predicted molar refractivity (Wildman–Crippen MR) is 83.6 cm³/mol. The van der Waals surface area contributed by atoms with Gasteiger partial charge in [0.15, 0.2) is 0 Å². The quantitative estimate of drug-likeness (QED) is 0.859. The maximum absolute atomic E-state index is 3.61. The van der Waals surface area contributed by atoms with E-state index in [1.54, 1.807) is 0 Å². The number of aryl methyl sites for hydroxylation is 2. The van der Waals surface area contributed by atoms with E-state index in [4.69, 9.17) is 0 Å². The normalized spacial score (nSPS) is 12.7. The monoisotopic (exact) mass is 323 g/mol. The first-order valence-corrected chi connectivity index (χ1v) is 7.64. The van der Waals surface area contributed by atoms with Crippen LogP contribution in [0, 0.1) is 20.8 Å². The van der Waals surface area contributed by atoms with Crippen molar-refractivity contribution in [3.05, 3.63) is 55.2 Å². The lowest BCUT2D eigenvalue weighted by Crippen LogP contribution is -2.17. The van der Waals surface area contributed by atoms with Crippen molar-refractivity contribution in [2.45, 2.75) is 26.8 Å². The van der Waals surface area contributed by atoms with Gasteiger partial charge < -0.3 is 5.32 Å². The summed E-state index contributed by atoms with van der Waals surface area (Å²) in [4.78, 5) is 1.36. The van der Waals surface area contributed by atoms with E-state index in [1.807, 2.05) is 18.4 Å². The fraction of sp³-hybridized carbons (Fsp3) is 0.333. The van der Waals surface area contributed by atoms with Gasteiger partial charge in [0.1, 0.15) is 0 Å². The molecule has 96 valence electrons. The van der Waals surface area contributed by atoms with Crippen molar-refractivity contribution < 1.29 is 0 Å². The van der Waals surface area contributed by atoms with Crippen LogP contribution in [0.15, 0.2) is 28.1 Å². The average Bonchev–Trinajstić information content (AvgIpc) is 2.66. The molecule has 1 nitrogen and oxygen atoms in total. The molecule has 0 aliphatic heterocycles. The van der Waals surface area contributed by atoms with Crippen LogP contribution in [-0.4, -0.2) is 7.05 Å². The van der Waals surface area contributed by atoms with Gasteiger partial charge in [-0.2, -0.15) is 0 Å². The summed E-state index contributed by atoms with van der Waals surface area (Å²) in [5, 5.41) is 3.43. The molecular weight excluding hydrogens is 306 g/mol. The number of nitrogens with one attached hydrogen (secondary N) is 1. The fourth-order valence-electron chi connectivity index (χ4n) is 2.16. The number of halogens is 1. The minimum absolute atomic E-state index is 0.278. The molecule has 1 unspecified atom stereocenters. The molecule has 0 aliphatic rings. The Bertz CT molecular complexity index is 540. The van der Waals surface area contributed by atoms with Crippen molar-refractivity contribution in [2.24, 2.45) is 0 Å². The van der Waals surface area contributed by atoms with Crippen LogP contribution in [0.3, 0.4) is 0 Å². The van der Waals surface area contributed by atoms with Gasteiger partial charge in [-0.05, 0) is 72.1 Å². The Morgan fingerprint density at radius 1 is 1.17 bits per heavy atom. The first-order valence-electron chi connectivity index (χ1n) is 6.03. The molecular formula is C15H18BrNS. The highest BCUT2D eigenvalue weighted by Gasteiger charge is 2.17. The lowest BCUT2D eigenvalue weighted by Gasteiger charge is -2.18. The number of rotatable bonds is 3. The van der Waals surface area contributed by atoms with Gasteiger partial charge in [-0.25, -0.2) is 0 Å². The molecule has 0 spiro atoms. The summed E-state index contributed by atoms with van der Waals surface area (Å²) in [5.74, 6) is 0. The van der Waals surface area contributed by atoms with Gasteiger partial charge >= 0.3 is 0 Å². The molecule has 18 heavy (non-hydrogen) atoms. The fourth-order valence-corrected chi connectivity index (χ4v) is 3.86. The minimum atomic E-state index is 0.278. The second-order valence-corrected chi connectivity index (χ2v) is 7.02. The molecule has 0 radical (unpaired) electrons. The summed E-state index contributed by atoms with van der Waals surface area (Å²) < 4.78 is 1.23.